The van der Waals surface area contributed by atoms with Crippen molar-refractivity contribution in [1.82, 2.24) is 0 Å². The van der Waals surface area contributed by atoms with E-state index in [0.29, 0.717) is 13.0 Å². The highest BCUT2D eigenvalue weighted by Gasteiger charge is 2.09. The van der Waals surface area contributed by atoms with Gasteiger partial charge in [-0.05, 0) is 13.3 Å². The first-order valence-electron chi connectivity index (χ1n) is 6.38. The van der Waals surface area contributed by atoms with E-state index in [2.05, 4.69) is 6.92 Å². The van der Waals surface area contributed by atoms with Gasteiger partial charge in [-0.25, -0.2) is 0 Å². The molecule has 16 heavy (non-hydrogen) atoms. The van der Waals surface area contributed by atoms with E-state index in [4.69, 9.17) is 4.74 Å². The Morgan fingerprint density at radius 3 is 2.19 bits per heavy atom. The van der Waals surface area contributed by atoms with Crippen molar-refractivity contribution in [2.45, 2.75) is 65.2 Å². The smallest absolute Gasteiger partial charge is 0.313 e. The van der Waals surface area contributed by atoms with Crippen molar-refractivity contribution in [3.05, 3.63) is 0 Å². The van der Waals surface area contributed by atoms with Crippen molar-refractivity contribution in [1.29, 1.82) is 0 Å². The Morgan fingerprint density at radius 2 is 1.56 bits per heavy atom. The minimum absolute atomic E-state index is 0.00828. The van der Waals surface area contributed by atoms with Gasteiger partial charge in [0.05, 0.1) is 6.61 Å². The zero-order valence-electron chi connectivity index (χ0n) is 10.6. The molecule has 0 spiro atoms. The first-order chi connectivity index (χ1) is 7.70. The zero-order chi connectivity index (χ0) is 12.2. The lowest BCUT2D eigenvalue weighted by Crippen LogP contribution is -2.10. The third kappa shape index (κ3) is 9.69. The van der Waals surface area contributed by atoms with Gasteiger partial charge in [0, 0.05) is 6.42 Å². The molecule has 0 aromatic carbocycles. The van der Waals surface area contributed by atoms with Crippen molar-refractivity contribution in [3.63, 3.8) is 0 Å². The van der Waals surface area contributed by atoms with Crippen LogP contribution in [0.1, 0.15) is 65.2 Å². The predicted molar refractivity (Wildman–Crippen MR) is 64.3 cm³/mol. The fourth-order valence-electron chi connectivity index (χ4n) is 1.56. The summed E-state index contributed by atoms with van der Waals surface area (Å²) in [7, 11) is 0. The fraction of sp³-hybridized carbons (Fsp3) is 0.846. The van der Waals surface area contributed by atoms with E-state index in [9.17, 15) is 9.59 Å². The van der Waals surface area contributed by atoms with Gasteiger partial charge in [-0.15, -0.1) is 0 Å². The Hall–Kier alpha value is -0.860. The second-order valence-electron chi connectivity index (χ2n) is 4.04. The van der Waals surface area contributed by atoms with Crippen LogP contribution in [0.2, 0.25) is 0 Å². The molecular formula is C13H24O3. The molecule has 0 unspecified atom stereocenters. The van der Waals surface area contributed by atoms with Crippen LogP contribution < -0.4 is 0 Å². The Bertz CT molecular complexity index is 199. The van der Waals surface area contributed by atoms with Crippen LogP contribution in [-0.2, 0) is 14.3 Å². The standard InChI is InChI=1S/C13H24O3/c1-3-5-6-7-8-9-10-12(14)11-13(15)16-4-2/h3-11H2,1-2H3. The number of Topliss-reactive ketones (excluding diaryl/α,β-unsaturated/α-hetero) is 1. The van der Waals surface area contributed by atoms with Crippen LogP contribution in [0.3, 0.4) is 0 Å². The second kappa shape index (κ2) is 10.7. The van der Waals surface area contributed by atoms with Gasteiger partial charge in [-0.3, -0.25) is 9.59 Å². The highest BCUT2D eigenvalue weighted by atomic mass is 16.5. The van der Waals surface area contributed by atoms with Crippen LogP contribution >= 0.6 is 0 Å². The van der Waals surface area contributed by atoms with Crippen LogP contribution in [-0.4, -0.2) is 18.4 Å². The van der Waals surface area contributed by atoms with Gasteiger partial charge in [0.15, 0.2) is 0 Å². The lowest BCUT2D eigenvalue weighted by molar-refractivity contribution is -0.145. The fourth-order valence-corrected chi connectivity index (χ4v) is 1.56. The average molecular weight is 228 g/mol. The normalized spacial score (nSPS) is 10.1. The second-order valence-corrected chi connectivity index (χ2v) is 4.04. The van der Waals surface area contributed by atoms with Crippen LogP contribution in [0.15, 0.2) is 0 Å². The highest BCUT2D eigenvalue weighted by Crippen LogP contribution is 2.08. The molecule has 0 aliphatic heterocycles. The first-order valence-corrected chi connectivity index (χ1v) is 6.38. The van der Waals surface area contributed by atoms with Crippen molar-refractivity contribution in [2.75, 3.05) is 6.61 Å². The Kier molecular flexibility index (Phi) is 10.1. The van der Waals surface area contributed by atoms with E-state index in [-0.39, 0.29) is 12.2 Å². The minimum Gasteiger partial charge on any atom is -0.466 e. The molecule has 0 bridgehead atoms. The van der Waals surface area contributed by atoms with Crippen LogP contribution in [0.25, 0.3) is 0 Å². The van der Waals surface area contributed by atoms with Crippen LogP contribution in [0.4, 0.5) is 0 Å². The van der Waals surface area contributed by atoms with E-state index in [1.807, 2.05) is 0 Å². The summed E-state index contributed by atoms with van der Waals surface area (Å²) in [4.78, 5) is 22.3. The molecule has 0 heterocycles. The Balaban J connectivity index is 3.33. The van der Waals surface area contributed by atoms with Gasteiger partial charge < -0.3 is 4.74 Å². The van der Waals surface area contributed by atoms with Gasteiger partial charge in [0.2, 0.25) is 0 Å². The maximum atomic E-state index is 11.3. The van der Waals surface area contributed by atoms with Crippen molar-refractivity contribution in [2.24, 2.45) is 0 Å². The largest absolute Gasteiger partial charge is 0.466 e. The number of carbonyl (C=O) groups excluding carboxylic acids is 2. The quantitative estimate of drug-likeness (QED) is 0.327. The molecule has 0 saturated carbocycles. The summed E-state index contributed by atoms with van der Waals surface area (Å²) in [5.41, 5.74) is 0. The van der Waals surface area contributed by atoms with Gasteiger partial charge in [0.25, 0.3) is 0 Å². The number of ketones is 1. The molecule has 94 valence electrons. The molecule has 0 atom stereocenters. The monoisotopic (exact) mass is 228 g/mol. The summed E-state index contributed by atoms with van der Waals surface area (Å²) in [6, 6.07) is 0. The molecule has 3 nitrogen and oxygen atoms in total. The molecule has 0 aromatic rings. The average Bonchev–Trinajstić information content (AvgIpc) is 2.23. The van der Waals surface area contributed by atoms with E-state index in [1.54, 1.807) is 6.92 Å². The van der Waals surface area contributed by atoms with Gasteiger partial charge >= 0.3 is 5.97 Å². The van der Waals surface area contributed by atoms with Gasteiger partial charge in [-0.1, -0.05) is 39.0 Å². The maximum absolute atomic E-state index is 11.3. The van der Waals surface area contributed by atoms with E-state index < -0.39 is 5.97 Å². The van der Waals surface area contributed by atoms with Gasteiger partial charge in [0.1, 0.15) is 12.2 Å². The van der Waals surface area contributed by atoms with Crippen LogP contribution in [0, 0.1) is 0 Å². The van der Waals surface area contributed by atoms with E-state index in [1.165, 1.54) is 25.7 Å². The summed E-state index contributed by atoms with van der Waals surface area (Å²) in [5, 5.41) is 0. The molecule has 0 aliphatic rings. The Morgan fingerprint density at radius 1 is 0.938 bits per heavy atom. The lowest BCUT2D eigenvalue weighted by atomic mass is 10.1. The van der Waals surface area contributed by atoms with Crippen molar-refractivity contribution >= 4 is 11.8 Å². The Labute approximate surface area is 98.6 Å². The van der Waals surface area contributed by atoms with Crippen molar-refractivity contribution < 1.29 is 14.3 Å². The molecule has 0 aliphatic carbocycles. The number of hydrogen-bond donors (Lipinski definition) is 0. The third-order valence-corrected chi connectivity index (χ3v) is 2.46. The van der Waals surface area contributed by atoms with Crippen molar-refractivity contribution in [3.8, 4) is 0 Å². The van der Waals surface area contributed by atoms with Crippen LogP contribution in [0.5, 0.6) is 0 Å². The summed E-state index contributed by atoms with van der Waals surface area (Å²) >= 11 is 0. The topological polar surface area (TPSA) is 43.4 Å². The molecule has 0 radical (unpaired) electrons. The molecule has 3 heteroatoms. The molecule has 0 rings (SSSR count). The molecule has 0 N–H and O–H groups in total. The highest BCUT2D eigenvalue weighted by molar-refractivity contribution is 5.95. The minimum atomic E-state index is -0.390. The van der Waals surface area contributed by atoms with E-state index in [0.717, 1.165) is 12.8 Å². The molecular weight excluding hydrogens is 204 g/mol. The lowest BCUT2D eigenvalue weighted by Gasteiger charge is -2.02. The number of ether oxygens (including phenoxy) is 1. The van der Waals surface area contributed by atoms with Gasteiger partial charge in [-0.2, -0.15) is 0 Å². The number of carbonyl (C=O) groups is 2. The molecule has 0 amide bonds. The summed E-state index contributed by atoms with van der Waals surface area (Å²) < 4.78 is 4.71. The molecule has 0 saturated heterocycles. The number of rotatable bonds is 10. The predicted octanol–water partition coefficient (Wildman–Crippen LogP) is 3.26. The molecule has 0 aromatic heterocycles. The number of esters is 1. The summed E-state index contributed by atoms with van der Waals surface area (Å²) in [6.45, 7) is 4.28. The SMILES string of the molecule is CCCCCCCCC(=O)CC(=O)OCC. The summed E-state index contributed by atoms with van der Waals surface area (Å²) in [6.07, 6.45) is 7.42. The van der Waals surface area contributed by atoms with E-state index >= 15 is 0 Å². The number of hydrogen-bond acceptors (Lipinski definition) is 3. The third-order valence-electron chi connectivity index (χ3n) is 2.46. The summed E-state index contributed by atoms with van der Waals surface area (Å²) in [5.74, 6) is -0.382. The first kappa shape index (κ1) is 15.1. The maximum Gasteiger partial charge on any atom is 0.313 e. The number of unbranched alkanes of at least 4 members (excludes halogenated alkanes) is 5. The molecule has 0 fully saturated rings. The zero-order valence-corrected chi connectivity index (χ0v) is 10.6.